The number of methoxy groups -OCH3 is 1. The van der Waals surface area contributed by atoms with E-state index in [1.807, 2.05) is 4.72 Å². The standard InChI is InChI=1S/C11H13NO7S/c1-19-11(16)9(6-13)12-20(17,18)8-4-2-7(3-5-8)10(14)15/h2-5,9,12-13H,6H2,1H3,(H,14,15). The van der Waals surface area contributed by atoms with Crippen molar-refractivity contribution in [2.45, 2.75) is 10.9 Å². The molecule has 0 radical (unpaired) electrons. The summed E-state index contributed by atoms with van der Waals surface area (Å²) in [5, 5.41) is 17.7. The molecule has 1 atom stereocenters. The second-order valence-electron chi connectivity index (χ2n) is 3.71. The van der Waals surface area contributed by atoms with Crippen molar-refractivity contribution < 1.29 is 33.0 Å². The quantitative estimate of drug-likeness (QED) is 0.586. The highest BCUT2D eigenvalue weighted by Crippen LogP contribution is 2.11. The van der Waals surface area contributed by atoms with Crippen LogP contribution in [-0.4, -0.2) is 50.3 Å². The van der Waals surface area contributed by atoms with Gasteiger partial charge >= 0.3 is 11.9 Å². The van der Waals surface area contributed by atoms with Gasteiger partial charge in [-0.1, -0.05) is 0 Å². The normalized spacial score (nSPS) is 12.7. The van der Waals surface area contributed by atoms with Crippen LogP contribution in [0.3, 0.4) is 0 Å². The number of carbonyl (C=O) groups is 2. The number of aliphatic hydroxyl groups is 1. The smallest absolute Gasteiger partial charge is 0.335 e. The molecular formula is C11H13NO7S. The maximum Gasteiger partial charge on any atom is 0.335 e. The average molecular weight is 303 g/mol. The summed E-state index contributed by atoms with van der Waals surface area (Å²) in [4.78, 5) is 21.6. The van der Waals surface area contributed by atoms with E-state index < -0.39 is 34.6 Å². The van der Waals surface area contributed by atoms with Crippen molar-refractivity contribution in [3.05, 3.63) is 29.8 Å². The van der Waals surface area contributed by atoms with E-state index >= 15 is 0 Å². The fourth-order valence-electron chi connectivity index (χ4n) is 1.33. The number of hydrogen-bond donors (Lipinski definition) is 3. The number of rotatable bonds is 6. The zero-order valence-corrected chi connectivity index (χ0v) is 11.3. The average Bonchev–Trinajstić information content (AvgIpc) is 2.44. The Hall–Kier alpha value is -1.97. The first-order chi connectivity index (χ1) is 9.31. The second kappa shape index (κ2) is 6.46. The molecule has 1 aromatic carbocycles. The number of nitrogens with one attached hydrogen (secondary N) is 1. The van der Waals surface area contributed by atoms with Crippen LogP contribution >= 0.6 is 0 Å². The van der Waals surface area contributed by atoms with Crippen molar-refractivity contribution in [3.8, 4) is 0 Å². The number of carboxylic acids is 1. The second-order valence-corrected chi connectivity index (χ2v) is 5.42. The zero-order valence-electron chi connectivity index (χ0n) is 10.4. The Morgan fingerprint density at radius 2 is 1.85 bits per heavy atom. The molecule has 0 fully saturated rings. The number of sulfonamides is 1. The molecule has 1 unspecified atom stereocenters. The molecule has 0 saturated carbocycles. The lowest BCUT2D eigenvalue weighted by molar-refractivity contribution is -0.143. The van der Waals surface area contributed by atoms with Gasteiger partial charge in [0.2, 0.25) is 10.0 Å². The fraction of sp³-hybridized carbons (Fsp3) is 0.273. The summed E-state index contributed by atoms with van der Waals surface area (Å²) in [5.74, 6) is -2.12. The molecule has 0 spiro atoms. The van der Waals surface area contributed by atoms with Crippen LogP contribution in [0.5, 0.6) is 0 Å². The molecule has 3 N–H and O–H groups in total. The molecule has 1 aromatic rings. The molecule has 0 aliphatic heterocycles. The zero-order chi connectivity index (χ0) is 15.3. The van der Waals surface area contributed by atoms with Gasteiger partial charge in [-0.15, -0.1) is 0 Å². The topological polar surface area (TPSA) is 130 Å². The highest BCUT2D eigenvalue weighted by Gasteiger charge is 2.25. The van der Waals surface area contributed by atoms with Crippen LogP contribution in [0, 0.1) is 0 Å². The van der Waals surface area contributed by atoms with Crippen LogP contribution in [0.2, 0.25) is 0 Å². The minimum absolute atomic E-state index is 0.0735. The fourth-order valence-corrected chi connectivity index (χ4v) is 2.51. The molecule has 20 heavy (non-hydrogen) atoms. The summed E-state index contributed by atoms with van der Waals surface area (Å²) >= 11 is 0. The molecule has 0 saturated heterocycles. The Morgan fingerprint density at radius 1 is 1.30 bits per heavy atom. The highest BCUT2D eigenvalue weighted by molar-refractivity contribution is 7.89. The van der Waals surface area contributed by atoms with E-state index in [-0.39, 0.29) is 10.5 Å². The molecule has 0 aromatic heterocycles. The Kier molecular flexibility index (Phi) is 5.19. The number of ether oxygens (including phenoxy) is 1. The van der Waals surface area contributed by atoms with Gasteiger partial charge in [0.15, 0.2) is 0 Å². The van der Waals surface area contributed by atoms with Gasteiger partial charge in [0.05, 0.1) is 24.2 Å². The Morgan fingerprint density at radius 3 is 2.25 bits per heavy atom. The van der Waals surface area contributed by atoms with E-state index in [4.69, 9.17) is 10.2 Å². The van der Waals surface area contributed by atoms with E-state index in [1.165, 1.54) is 0 Å². The third kappa shape index (κ3) is 3.76. The molecule has 0 bridgehead atoms. The van der Waals surface area contributed by atoms with Gasteiger partial charge in [-0.3, -0.25) is 4.79 Å². The van der Waals surface area contributed by atoms with Crippen LogP contribution in [0.25, 0.3) is 0 Å². The number of aromatic carboxylic acids is 1. The number of hydrogen-bond acceptors (Lipinski definition) is 6. The van der Waals surface area contributed by atoms with Crippen molar-refractivity contribution >= 4 is 22.0 Å². The Labute approximate surface area is 115 Å². The summed E-state index contributed by atoms with van der Waals surface area (Å²) in [6, 6.07) is 2.96. The van der Waals surface area contributed by atoms with Crippen molar-refractivity contribution in [1.29, 1.82) is 0 Å². The van der Waals surface area contributed by atoms with Crippen molar-refractivity contribution in [2.24, 2.45) is 0 Å². The van der Waals surface area contributed by atoms with E-state index in [1.54, 1.807) is 0 Å². The third-order valence-electron chi connectivity index (χ3n) is 2.38. The number of benzene rings is 1. The lowest BCUT2D eigenvalue weighted by Crippen LogP contribution is -2.43. The molecule has 8 nitrogen and oxygen atoms in total. The Bertz CT molecular complexity index is 594. The van der Waals surface area contributed by atoms with Gasteiger partial charge in [0, 0.05) is 0 Å². The van der Waals surface area contributed by atoms with Crippen molar-refractivity contribution in [2.75, 3.05) is 13.7 Å². The maximum atomic E-state index is 11.9. The Balaban J connectivity index is 2.98. The number of esters is 1. The molecule has 0 aliphatic carbocycles. The molecular weight excluding hydrogens is 290 g/mol. The molecule has 9 heteroatoms. The van der Waals surface area contributed by atoms with Crippen LogP contribution < -0.4 is 4.72 Å². The first-order valence-corrected chi connectivity index (χ1v) is 6.84. The van der Waals surface area contributed by atoms with E-state index in [0.29, 0.717) is 0 Å². The summed E-state index contributed by atoms with van der Waals surface area (Å²) in [6.07, 6.45) is 0. The predicted octanol–water partition coefficient (Wildman–Crippen LogP) is -0.803. The van der Waals surface area contributed by atoms with Gasteiger partial charge in [0.25, 0.3) is 0 Å². The van der Waals surface area contributed by atoms with Crippen LogP contribution in [0.15, 0.2) is 29.2 Å². The highest BCUT2D eigenvalue weighted by atomic mass is 32.2. The number of aliphatic hydroxyl groups excluding tert-OH is 1. The summed E-state index contributed by atoms with van der Waals surface area (Å²) in [7, 11) is -3.02. The van der Waals surface area contributed by atoms with Crippen molar-refractivity contribution in [3.63, 3.8) is 0 Å². The largest absolute Gasteiger partial charge is 0.478 e. The van der Waals surface area contributed by atoms with Gasteiger partial charge in [-0.25, -0.2) is 13.2 Å². The van der Waals surface area contributed by atoms with Gasteiger partial charge < -0.3 is 14.9 Å². The lowest BCUT2D eigenvalue weighted by atomic mass is 10.2. The SMILES string of the molecule is COC(=O)C(CO)NS(=O)(=O)c1ccc(C(=O)O)cc1. The number of carbonyl (C=O) groups excluding carboxylic acids is 1. The number of carboxylic acid groups (broad SMARTS) is 1. The van der Waals surface area contributed by atoms with Gasteiger partial charge in [-0.2, -0.15) is 4.72 Å². The summed E-state index contributed by atoms with van der Waals surface area (Å²) in [5.41, 5.74) is -0.0735. The summed E-state index contributed by atoms with van der Waals surface area (Å²) in [6.45, 7) is -0.765. The van der Waals surface area contributed by atoms with Crippen LogP contribution in [0.4, 0.5) is 0 Å². The molecule has 1 rings (SSSR count). The first kappa shape index (κ1) is 16.1. The minimum atomic E-state index is -4.07. The van der Waals surface area contributed by atoms with Gasteiger partial charge in [-0.05, 0) is 24.3 Å². The molecule has 0 aliphatic rings. The maximum absolute atomic E-state index is 11.9. The van der Waals surface area contributed by atoms with Gasteiger partial charge in [0.1, 0.15) is 6.04 Å². The lowest BCUT2D eigenvalue weighted by Gasteiger charge is -2.14. The molecule has 110 valence electrons. The van der Waals surface area contributed by atoms with E-state index in [2.05, 4.69) is 4.74 Å². The monoisotopic (exact) mass is 303 g/mol. The predicted molar refractivity (Wildman–Crippen MR) is 66.6 cm³/mol. The third-order valence-corrected chi connectivity index (χ3v) is 3.86. The van der Waals surface area contributed by atoms with E-state index in [9.17, 15) is 18.0 Å². The summed E-state index contributed by atoms with van der Waals surface area (Å²) < 4.78 is 30.1. The van der Waals surface area contributed by atoms with E-state index in [0.717, 1.165) is 31.4 Å². The first-order valence-electron chi connectivity index (χ1n) is 5.36. The minimum Gasteiger partial charge on any atom is -0.478 e. The molecule has 0 heterocycles. The molecule has 0 amide bonds. The van der Waals surface area contributed by atoms with Crippen LogP contribution in [-0.2, 0) is 19.6 Å². The van der Waals surface area contributed by atoms with Crippen LogP contribution in [0.1, 0.15) is 10.4 Å². The van der Waals surface area contributed by atoms with Crippen molar-refractivity contribution in [1.82, 2.24) is 4.72 Å².